The molecule has 5 heteroatoms. The number of hydrogen-bond acceptors (Lipinski definition) is 4. The first kappa shape index (κ1) is 11.3. The van der Waals surface area contributed by atoms with Crippen LogP contribution in [0.4, 0.5) is 10.2 Å². The molecule has 0 saturated heterocycles. The maximum absolute atomic E-state index is 13.2. The fourth-order valence-electron chi connectivity index (χ4n) is 1.53. The molecule has 0 aliphatic rings. The first-order valence-electron chi connectivity index (χ1n) is 5.12. The Morgan fingerprint density at radius 3 is 2.59 bits per heavy atom. The molecule has 0 radical (unpaired) electrons. The van der Waals surface area contributed by atoms with Gasteiger partial charge in [0.25, 0.3) is 0 Å². The Morgan fingerprint density at radius 1 is 1.18 bits per heavy atom. The van der Waals surface area contributed by atoms with Gasteiger partial charge < -0.3 is 10.4 Å². The van der Waals surface area contributed by atoms with Crippen LogP contribution in [0.1, 0.15) is 5.69 Å². The molecular formula is C12H12FN3O. The molecular weight excluding hydrogens is 221 g/mol. The monoisotopic (exact) mass is 233 g/mol. The molecule has 17 heavy (non-hydrogen) atoms. The number of aromatic hydroxyl groups is 1. The summed E-state index contributed by atoms with van der Waals surface area (Å²) >= 11 is 0. The minimum atomic E-state index is -0.517. The quantitative estimate of drug-likeness (QED) is 0.835. The van der Waals surface area contributed by atoms with E-state index in [1.165, 1.54) is 12.1 Å². The molecule has 0 bridgehead atoms. The van der Waals surface area contributed by atoms with Gasteiger partial charge in [0.2, 0.25) is 0 Å². The standard InChI is InChI=1S/C12H12FN3O/c1-7-3-11(14-2)16-12(15-7)8-4-9(13)6-10(17)5-8/h3-6,17H,1-2H3,(H,14,15,16). The summed E-state index contributed by atoms with van der Waals surface area (Å²) in [5.74, 6) is 0.368. The van der Waals surface area contributed by atoms with Crippen molar-refractivity contribution in [2.24, 2.45) is 0 Å². The first-order valence-corrected chi connectivity index (χ1v) is 5.12. The number of rotatable bonds is 2. The van der Waals surface area contributed by atoms with Gasteiger partial charge in [-0.2, -0.15) is 0 Å². The van der Waals surface area contributed by atoms with Gasteiger partial charge in [-0.25, -0.2) is 14.4 Å². The van der Waals surface area contributed by atoms with Crippen LogP contribution < -0.4 is 5.32 Å². The van der Waals surface area contributed by atoms with Crippen LogP contribution in [0.25, 0.3) is 11.4 Å². The van der Waals surface area contributed by atoms with Gasteiger partial charge in [-0.15, -0.1) is 0 Å². The van der Waals surface area contributed by atoms with Crippen molar-refractivity contribution in [3.8, 4) is 17.1 Å². The predicted octanol–water partition coefficient (Wildman–Crippen LogP) is 2.34. The number of nitrogens with zero attached hydrogens (tertiary/aromatic N) is 2. The van der Waals surface area contributed by atoms with Gasteiger partial charge in [-0.3, -0.25) is 0 Å². The van der Waals surface area contributed by atoms with E-state index in [2.05, 4.69) is 15.3 Å². The molecule has 2 N–H and O–H groups in total. The molecule has 1 aromatic heterocycles. The Bertz CT molecular complexity index is 537. The van der Waals surface area contributed by atoms with Crippen LogP contribution in [-0.2, 0) is 0 Å². The Labute approximate surface area is 98.2 Å². The Hall–Kier alpha value is -2.17. The highest BCUT2D eigenvalue weighted by Crippen LogP contribution is 2.23. The van der Waals surface area contributed by atoms with Crippen LogP contribution in [0.2, 0.25) is 0 Å². The van der Waals surface area contributed by atoms with E-state index in [0.29, 0.717) is 17.2 Å². The third kappa shape index (κ3) is 2.50. The number of phenols is 1. The lowest BCUT2D eigenvalue weighted by atomic mass is 10.2. The minimum absolute atomic E-state index is 0.142. The third-order valence-electron chi connectivity index (χ3n) is 2.25. The topological polar surface area (TPSA) is 58.0 Å². The summed E-state index contributed by atoms with van der Waals surface area (Å²) in [4.78, 5) is 8.41. The van der Waals surface area contributed by atoms with Gasteiger partial charge in [-0.1, -0.05) is 0 Å². The average molecular weight is 233 g/mol. The average Bonchev–Trinajstić information content (AvgIpc) is 2.26. The summed E-state index contributed by atoms with van der Waals surface area (Å²) in [6.07, 6.45) is 0. The van der Waals surface area contributed by atoms with Crippen LogP contribution >= 0.6 is 0 Å². The lowest BCUT2D eigenvalue weighted by Gasteiger charge is -2.06. The van der Waals surface area contributed by atoms with Crippen LogP contribution in [0, 0.1) is 12.7 Å². The van der Waals surface area contributed by atoms with E-state index in [0.717, 1.165) is 11.8 Å². The fraction of sp³-hybridized carbons (Fsp3) is 0.167. The molecule has 2 rings (SSSR count). The number of aryl methyl sites for hydroxylation is 1. The number of anilines is 1. The number of nitrogens with one attached hydrogen (secondary N) is 1. The number of hydrogen-bond donors (Lipinski definition) is 2. The van der Waals surface area contributed by atoms with Crippen molar-refractivity contribution in [3.63, 3.8) is 0 Å². The van der Waals surface area contributed by atoms with Crippen molar-refractivity contribution in [1.29, 1.82) is 0 Å². The third-order valence-corrected chi connectivity index (χ3v) is 2.25. The highest BCUT2D eigenvalue weighted by atomic mass is 19.1. The molecule has 0 aliphatic heterocycles. The molecule has 0 saturated carbocycles. The molecule has 1 heterocycles. The van der Waals surface area contributed by atoms with Crippen LogP contribution in [0.3, 0.4) is 0 Å². The van der Waals surface area contributed by atoms with Gasteiger partial charge in [0.05, 0.1) is 0 Å². The van der Waals surface area contributed by atoms with Crippen LogP contribution in [-0.4, -0.2) is 22.1 Å². The van der Waals surface area contributed by atoms with E-state index in [1.807, 2.05) is 6.92 Å². The summed E-state index contributed by atoms with van der Waals surface area (Å²) in [7, 11) is 1.74. The first-order chi connectivity index (χ1) is 8.08. The van der Waals surface area contributed by atoms with Crippen molar-refractivity contribution >= 4 is 5.82 Å². The Kier molecular flexibility index (Phi) is 2.91. The second-order valence-electron chi connectivity index (χ2n) is 3.67. The Balaban J connectivity index is 2.55. The smallest absolute Gasteiger partial charge is 0.161 e. The normalized spacial score (nSPS) is 10.3. The summed E-state index contributed by atoms with van der Waals surface area (Å²) in [6.45, 7) is 1.82. The highest BCUT2D eigenvalue weighted by molar-refractivity contribution is 5.59. The summed E-state index contributed by atoms with van der Waals surface area (Å²) < 4.78 is 13.2. The summed E-state index contributed by atoms with van der Waals surface area (Å²) in [5, 5.41) is 12.2. The zero-order chi connectivity index (χ0) is 12.4. The summed E-state index contributed by atoms with van der Waals surface area (Å²) in [5.41, 5.74) is 1.21. The number of phenolic OH excluding ortho intramolecular Hbond substituents is 1. The van der Waals surface area contributed by atoms with E-state index in [4.69, 9.17) is 0 Å². The molecule has 2 aromatic rings. The maximum atomic E-state index is 13.2. The van der Waals surface area contributed by atoms with Crippen molar-refractivity contribution in [2.75, 3.05) is 12.4 Å². The molecule has 4 nitrogen and oxygen atoms in total. The van der Waals surface area contributed by atoms with Crippen LogP contribution in [0.5, 0.6) is 5.75 Å². The molecule has 0 amide bonds. The zero-order valence-electron chi connectivity index (χ0n) is 9.53. The number of benzene rings is 1. The molecule has 0 fully saturated rings. The van der Waals surface area contributed by atoms with E-state index < -0.39 is 5.82 Å². The largest absolute Gasteiger partial charge is 0.508 e. The predicted molar refractivity (Wildman–Crippen MR) is 63.4 cm³/mol. The lowest BCUT2D eigenvalue weighted by molar-refractivity contribution is 0.469. The molecule has 1 aromatic carbocycles. The SMILES string of the molecule is CNc1cc(C)nc(-c2cc(O)cc(F)c2)n1. The molecule has 0 unspecified atom stereocenters. The Morgan fingerprint density at radius 2 is 1.94 bits per heavy atom. The molecule has 0 atom stereocenters. The van der Waals surface area contributed by atoms with Crippen molar-refractivity contribution in [1.82, 2.24) is 9.97 Å². The van der Waals surface area contributed by atoms with E-state index in [-0.39, 0.29) is 5.75 Å². The van der Waals surface area contributed by atoms with Crippen molar-refractivity contribution in [2.45, 2.75) is 6.92 Å². The fourth-order valence-corrected chi connectivity index (χ4v) is 1.53. The van der Waals surface area contributed by atoms with Gasteiger partial charge in [0.1, 0.15) is 17.4 Å². The van der Waals surface area contributed by atoms with Crippen molar-refractivity contribution in [3.05, 3.63) is 35.8 Å². The van der Waals surface area contributed by atoms with E-state index in [1.54, 1.807) is 13.1 Å². The zero-order valence-corrected chi connectivity index (χ0v) is 9.53. The number of halogens is 1. The van der Waals surface area contributed by atoms with E-state index >= 15 is 0 Å². The molecule has 88 valence electrons. The van der Waals surface area contributed by atoms with E-state index in [9.17, 15) is 9.50 Å². The van der Waals surface area contributed by atoms with Gasteiger partial charge in [0, 0.05) is 30.4 Å². The number of aromatic nitrogens is 2. The van der Waals surface area contributed by atoms with Gasteiger partial charge in [0.15, 0.2) is 5.82 Å². The summed E-state index contributed by atoms with van der Waals surface area (Å²) in [6, 6.07) is 5.53. The van der Waals surface area contributed by atoms with Gasteiger partial charge in [-0.05, 0) is 19.1 Å². The minimum Gasteiger partial charge on any atom is -0.508 e. The second kappa shape index (κ2) is 4.37. The molecule has 0 aliphatic carbocycles. The highest BCUT2D eigenvalue weighted by Gasteiger charge is 2.07. The second-order valence-corrected chi connectivity index (χ2v) is 3.67. The van der Waals surface area contributed by atoms with Crippen molar-refractivity contribution < 1.29 is 9.50 Å². The van der Waals surface area contributed by atoms with Gasteiger partial charge >= 0.3 is 0 Å². The lowest BCUT2D eigenvalue weighted by Crippen LogP contribution is -1.98. The molecule has 0 spiro atoms. The van der Waals surface area contributed by atoms with Crippen LogP contribution in [0.15, 0.2) is 24.3 Å². The maximum Gasteiger partial charge on any atom is 0.161 e.